The van der Waals surface area contributed by atoms with Crippen molar-refractivity contribution in [3.05, 3.63) is 29.8 Å². The molecule has 31 heavy (non-hydrogen) atoms. The average molecular weight is 482 g/mol. The van der Waals surface area contributed by atoms with Gasteiger partial charge in [0.2, 0.25) is 0 Å². The molecule has 0 saturated heterocycles. The molecule has 15 heteroatoms. The van der Waals surface area contributed by atoms with Crippen LogP contribution >= 0.6 is 0 Å². The molecular weight excluding hydrogens is 471 g/mol. The zero-order valence-corrected chi connectivity index (χ0v) is 15.1. The molecule has 1 rings (SSSR count). The summed E-state index contributed by atoms with van der Waals surface area (Å²) in [6, 6.07) is 2.80. The van der Waals surface area contributed by atoms with E-state index >= 15 is 0 Å². The summed E-state index contributed by atoms with van der Waals surface area (Å²) < 4.78 is 179. The fourth-order valence-electron chi connectivity index (χ4n) is 2.04. The van der Waals surface area contributed by atoms with E-state index in [4.69, 9.17) is 9.47 Å². The minimum absolute atomic E-state index is 0.00595. The quantitative estimate of drug-likeness (QED) is 0.397. The predicted octanol–water partition coefficient (Wildman–Crippen LogP) is 6.46. The van der Waals surface area contributed by atoms with Gasteiger partial charge in [-0.2, -0.15) is 57.1 Å². The maximum absolute atomic E-state index is 13.7. The lowest BCUT2D eigenvalue weighted by Crippen LogP contribution is -2.69. The summed E-state index contributed by atoms with van der Waals surface area (Å²) in [5.41, 5.74) is -0.455. The van der Waals surface area contributed by atoms with Crippen molar-refractivity contribution in [3.8, 4) is 11.5 Å². The molecule has 0 bridgehead atoms. The van der Waals surface area contributed by atoms with Crippen molar-refractivity contribution in [2.24, 2.45) is 0 Å². The lowest BCUT2D eigenvalue weighted by molar-refractivity contribution is -0.436. The van der Waals surface area contributed by atoms with Gasteiger partial charge in [-0.25, -0.2) is 0 Å². The third kappa shape index (κ3) is 4.22. The van der Waals surface area contributed by atoms with Crippen LogP contribution in [-0.4, -0.2) is 50.0 Å². The van der Waals surface area contributed by atoms with Gasteiger partial charge in [0.25, 0.3) is 0 Å². The molecule has 0 aliphatic rings. The van der Waals surface area contributed by atoms with Crippen molar-refractivity contribution in [3.63, 3.8) is 0 Å². The average Bonchev–Trinajstić information content (AvgIpc) is 2.64. The Hall–Kier alpha value is -2.35. The second kappa shape index (κ2) is 7.97. The molecule has 0 N–H and O–H groups in total. The van der Waals surface area contributed by atoms with E-state index in [0.29, 0.717) is 0 Å². The summed E-state index contributed by atoms with van der Waals surface area (Å²) in [4.78, 5) is 0. The molecule has 0 radical (unpaired) electrons. The predicted molar refractivity (Wildman–Crippen MR) is 79.4 cm³/mol. The molecule has 0 amide bonds. The lowest BCUT2D eigenvalue weighted by Gasteiger charge is -2.39. The van der Waals surface area contributed by atoms with Crippen LogP contribution in [0.5, 0.6) is 11.5 Å². The van der Waals surface area contributed by atoms with Gasteiger partial charge >= 0.3 is 35.8 Å². The monoisotopic (exact) mass is 482 g/mol. The van der Waals surface area contributed by atoms with Crippen LogP contribution in [0.25, 0.3) is 6.08 Å². The molecular formula is C16H11F13O2. The molecule has 0 aliphatic heterocycles. The SMILES string of the molecule is COc1ccc(/C=C/C(F)(F)C(F)(F)C(F)(F)C(F)(F)C(F)(F)C(F)(F)F)cc1OC. The number of allylic oxidation sites excluding steroid dienone is 1. The number of methoxy groups -OCH3 is 2. The first-order chi connectivity index (χ1) is 13.7. The molecule has 0 saturated carbocycles. The Balaban J connectivity index is 3.42. The van der Waals surface area contributed by atoms with Crippen molar-refractivity contribution in [1.29, 1.82) is 0 Å². The Morgan fingerprint density at radius 1 is 0.613 bits per heavy atom. The number of rotatable bonds is 8. The maximum atomic E-state index is 13.7. The Morgan fingerprint density at radius 2 is 1.06 bits per heavy atom. The summed E-state index contributed by atoms with van der Waals surface area (Å²) in [6.07, 6.45) is -8.49. The number of hydrogen-bond donors (Lipinski definition) is 0. The summed E-state index contributed by atoms with van der Waals surface area (Å²) in [5, 5.41) is 0. The topological polar surface area (TPSA) is 18.5 Å². The molecule has 178 valence electrons. The molecule has 0 aromatic heterocycles. The zero-order chi connectivity index (χ0) is 24.7. The van der Waals surface area contributed by atoms with Gasteiger partial charge in [0, 0.05) is 0 Å². The molecule has 1 aromatic carbocycles. The maximum Gasteiger partial charge on any atom is 0.460 e. The molecule has 0 unspecified atom stereocenters. The van der Waals surface area contributed by atoms with Crippen LogP contribution < -0.4 is 9.47 Å². The third-order valence-electron chi connectivity index (χ3n) is 3.85. The zero-order valence-electron chi connectivity index (χ0n) is 15.1. The van der Waals surface area contributed by atoms with E-state index in [1.54, 1.807) is 0 Å². The molecule has 2 nitrogen and oxygen atoms in total. The van der Waals surface area contributed by atoms with E-state index in [0.717, 1.165) is 32.4 Å². The summed E-state index contributed by atoms with van der Waals surface area (Å²) >= 11 is 0. The minimum Gasteiger partial charge on any atom is -0.493 e. The van der Waals surface area contributed by atoms with Crippen molar-refractivity contribution in [2.45, 2.75) is 35.8 Å². The van der Waals surface area contributed by atoms with Crippen molar-refractivity contribution in [2.75, 3.05) is 14.2 Å². The number of halogens is 13. The highest BCUT2D eigenvalue weighted by molar-refractivity contribution is 5.56. The molecule has 0 heterocycles. The van der Waals surface area contributed by atoms with Crippen LogP contribution in [0, 0.1) is 0 Å². The standard InChI is InChI=1S/C16H11F13O2/c1-30-9-4-3-8(7-10(9)31-2)5-6-11(17,18)12(19,20)13(21,22)14(23,24)15(25,26)16(27,28)29/h3-7H,1-2H3/b6-5+. The smallest absolute Gasteiger partial charge is 0.460 e. The first-order valence-electron chi connectivity index (χ1n) is 7.58. The van der Waals surface area contributed by atoms with E-state index in [-0.39, 0.29) is 17.6 Å². The second-order valence-corrected chi connectivity index (χ2v) is 5.87. The molecule has 0 fully saturated rings. The fraction of sp³-hybridized carbons (Fsp3) is 0.500. The third-order valence-corrected chi connectivity index (χ3v) is 3.85. The van der Waals surface area contributed by atoms with Gasteiger partial charge in [-0.15, -0.1) is 0 Å². The highest BCUT2D eigenvalue weighted by Gasteiger charge is 2.90. The van der Waals surface area contributed by atoms with Crippen LogP contribution in [0.3, 0.4) is 0 Å². The number of alkyl halides is 13. The lowest BCUT2D eigenvalue weighted by atomic mass is 9.93. The highest BCUT2D eigenvalue weighted by Crippen LogP contribution is 2.60. The van der Waals surface area contributed by atoms with E-state index in [1.807, 2.05) is 0 Å². The van der Waals surface area contributed by atoms with E-state index < -0.39 is 47.4 Å². The van der Waals surface area contributed by atoms with Gasteiger partial charge in [0.15, 0.2) is 11.5 Å². The van der Waals surface area contributed by atoms with Crippen LogP contribution in [-0.2, 0) is 0 Å². The van der Waals surface area contributed by atoms with Crippen LogP contribution in [0.15, 0.2) is 24.3 Å². The van der Waals surface area contributed by atoms with Gasteiger partial charge in [-0.3, -0.25) is 0 Å². The number of hydrogen-bond acceptors (Lipinski definition) is 2. The Bertz CT molecular complexity index is 812. The van der Waals surface area contributed by atoms with Gasteiger partial charge in [-0.05, 0) is 23.8 Å². The first-order valence-corrected chi connectivity index (χ1v) is 7.58. The molecule has 0 spiro atoms. The fourth-order valence-corrected chi connectivity index (χ4v) is 2.04. The van der Waals surface area contributed by atoms with Gasteiger partial charge in [0.1, 0.15) is 0 Å². The normalized spacial score (nSPS) is 14.8. The number of ether oxygens (including phenoxy) is 2. The summed E-state index contributed by atoms with van der Waals surface area (Å²) in [7, 11) is 2.22. The van der Waals surface area contributed by atoms with Crippen LogP contribution in [0.2, 0.25) is 0 Å². The van der Waals surface area contributed by atoms with Gasteiger partial charge in [0.05, 0.1) is 14.2 Å². The molecule has 1 aromatic rings. The highest BCUT2D eigenvalue weighted by atomic mass is 19.4. The Morgan fingerprint density at radius 3 is 1.48 bits per heavy atom. The summed E-state index contributed by atoms with van der Waals surface area (Å²) in [5.74, 6) is -37.3. The minimum atomic E-state index is -7.93. The van der Waals surface area contributed by atoms with Crippen LogP contribution in [0.4, 0.5) is 57.1 Å². The van der Waals surface area contributed by atoms with E-state index in [9.17, 15) is 57.1 Å². The number of benzene rings is 1. The van der Waals surface area contributed by atoms with Crippen molar-refractivity contribution < 1.29 is 66.5 Å². The van der Waals surface area contributed by atoms with E-state index in [1.165, 1.54) is 0 Å². The van der Waals surface area contributed by atoms with Crippen LogP contribution in [0.1, 0.15) is 5.56 Å². The van der Waals surface area contributed by atoms with Crippen molar-refractivity contribution >= 4 is 6.08 Å². The molecule has 0 aliphatic carbocycles. The Labute approximate surface area is 165 Å². The largest absolute Gasteiger partial charge is 0.493 e. The van der Waals surface area contributed by atoms with Crippen molar-refractivity contribution in [1.82, 2.24) is 0 Å². The van der Waals surface area contributed by atoms with Gasteiger partial charge < -0.3 is 9.47 Å². The van der Waals surface area contributed by atoms with E-state index in [2.05, 4.69) is 0 Å². The Kier molecular flexibility index (Phi) is 6.86. The summed E-state index contributed by atoms with van der Waals surface area (Å²) in [6.45, 7) is 0. The van der Waals surface area contributed by atoms with Gasteiger partial charge in [-0.1, -0.05) is 12.1 Å². The first kappa shape index (κ1) is 26.7. The molecule has 0 atom stereocenters. The second-order valence-electron chi connectivity index (χ2n) is 5.87.